The molecule has 1 aromatic carbocycles. The highest BCUT2D eigenvalue weighted by Gasteiger charge is 2.13. The molecule has 1 aromatic rings. The summed E-state index contributed by atoms with van der Waals surface area (Å²) < 4.78 is 25.7. The molecule has 0 saturated heterocycles. The summed E-state index contributed by atoms with van der Waals surface area (Å²) in [4.78, 5) is 13.0. The van der Waals surface area contributed by atoms with E-state index in [0.717, 1.165) is 0 Å². The molecule has 72 valence electrons. The average Bonchev–Trinajstić information content (AvgIpc) is 2.11. The van der Waals surface area contributed by atoms with Crippen LogP contribution in [-0.4, -0.2) is 5.91 Å². The van der Waals surface area contributed by atoms with E-state index < -0.39 is 28.1 Å². The molecule has 14 heavy (non-hydrogen) atoms. The first-order chi connectivity index (χ1) is 6.56. The van der Waals surface area contributed by atoms with Gasteiger partial charge in [-0.3, -0.25) is 4.79 Å². The molecule has 0 spiro atoms. The van der Waals surface area contributed by atoms with E-state index in [1.807, 2.05) is 0 Å². The Balaban J connectivity index is 3.29. The number of nitrogens with zero attached hydrogens (tertiary/aromatic N) is 3. The van der Waals surface area contributed by atoms with Gasteiger partial charge in [-0.2, -0.15) is 0 Å². The molecule has 0 aliphatic rings. The maximum Gasteiger partial charge on any atom is 0.252 e. The summed E-state index contributed by atoms with van der Waals surface area (Å²) >= 11 is 5.24. The van der Waals surface area contributed by atoms with Crippen molar-refractivity contribution in [1.29, 1.82) is 0 Å². The quantitative estimate of drug-likeness (QED) is 0.308. The fraction of sp³-hybridized carbons (Fsp3) is 0. The van der Waals surface area contributed by atoms with Gasteiger partial charge in [0.15, 0.2) is 0 Å². The van der Waals surface area contributed by atoms with Crippen LogP contribution in [0.15, 0.2) is 17.2 Å². The normalized spacial score (nSPS) is 9.36. The van der Waals surface area contributed by atoms with Crippen molar-refractivity contribution >= 4 is 17.5 Å². The van der Waals surface area contributed by atoms with E-state index in [2.05, 4.69) is 10.0 Å². The van der Waals surface area contributed by atoms with Crippen molar-refractivity contribution in [2.75, 3.05) is 0 Å². The van der Waals surface area contributed by atoms with Gasteiger partial charge in [0.25, 0.3) is 5.91 Å². The minimum Gasteiger partial charge on any atom is -0.287 e. The second-order valence-corrected chi connectivity index (χ2v) is 2.65. The number of hydrogen-bond donors (Lipinski definition) is 0. The highest BCUT2D eigenvalue weighted by Crippen LogP contribution is 2.19. The first-order valence-electron chi connectivity index (χ1n) is 3.30. The summed E-state index contributed by atoms with van der Waals surface area (Å²) in [5, 5.41) is 2.17. The summed E-state index contributed by atoms with van der Waals surface area (Å²) in [7, 11) is 0. The molecule has 0 aliphatic heterocycles. The van der Waals surface area contributed by atoms with Crippen LogP contribution in [0, 0.1) is 11.6 Å². The van der Waals surface area contributed by atoms with Crippen molar-refractivity contribution in [3.05, 3.63) is 44.8 Å². The van der Waals surface area contributed by atoms with Gasteiger partial charge in [0, 0.05) is 4.91 Å². The molecule has 7 heteroatoms. The summed E-state index contributed by atoms with van der Waals surface area (Å²) in [6, 6.07) is 1.21. The van der Waals surface area contributed by atoms with Gasteiger partial charge >= 0.3 is 0 Å². The van der Waals surface area contributed by atoms with Crippen LogP contribution in [0.2, 0.25) is 5.02 Å². The van der Waals surface area contributed by atoms with Crippen molar-refractivity contribution in [3.8, 4) is 0 Å². The van der Waals surface area contributed by atoms with Gasteiger partial charge in [0.05, 0.1) is 10.6 Å². The molecule has 0 aliphatic carbocycles. The fourth-order valence-corrected chi connectivity index (χ4v) is 0.931. The third kappa shape index (κ3) is 1.99. The Kier molecular flexibility index (Phi) is 3.01. The molecule has 4 nitrogen and oxygen atoms in total. The third-order valence-corrected chi connectivity index (χ3v) is 1.67. The minimum absolute atomic E-state index is 0.444. The highest BCUT2D eigenvalue weighted by molar-refractivity contribution is 6.30. The molecule has 1 amide bonds. The zero-order chi connectivity index (χ0) is 10.7. The zero-order valence-corrected chi connectivity index (χ0v) is 7.29. The van der Waals surface area contributed by atoms with Gasteiger partial charge in [-0.1, -0.05) is 11.6 Å². The maximum atomic E-state index is 12.9. The predicted molar refractivity (Wildman–Crippen MR) is 44.8 cm³/mol. The van der Waals surface area contributed by atoms with E-state index in [0.29, 0.717) is 12.1 Å². The molecule has 0 bridgehead atoms. The van der Waals surface area contributed by atoms with Gasteiger partial charge in [0.2, 0.25) is 0 Å². The molecule has 0 heterocycles. The van der Waals surface area contributed by atoms with Crippen LogP contribution in [0.25, 0.3) is 10.4 Å². The van der Waals surface area contributed by atoms with Gasteiger partial charge in [0.1, 0.15) is 11.6 Å². The van der Waals surface area contributed by atoms with E-state index in [4.69, 9.17) is 17.1 Å². The van der Waals surface area contributed by atoms with E-state index in [-0.39, 0.29) is 0 Å². The van der Waals surface area contributed by atoms with Crippen LogP contribution in [0.4, 0.5) is 8.78 Å². The van der Waals surface area contributed by atoms with Gasteiger partial charge in [-0.25, -0.2) is 8.78 Å². The monoisotopic (exact) mass is 217 g/mol. The largest absolute Gasteiger partial charge is 0.287 e. The molecule has 0 fully saturated rings. The number of halogens is 3. The van der Waals surface area contributed by atoms with Crippen LogP contribution in [0.1, 0.15) is 10.4 Å². The lowest BCUT2D eigenvalue weighted by atomic mass is 10.2. The van der Waals surface area contributed by atoms with Crippen molar-refractivity contribution in [2.24, 2.45) is 5.11 Å². The lowest BCUT2D eigenvalue weighted by molar-refractivity contribution is 0.0996. The van der Waals surface area contributed by atoms with Crippen LogP contribution in [0.3, 0.4) is 0 Å². The molecular weight excluding hydrogens is 216 g/mol. The average molecular weight is 218 g/mol. The van der Waals surface area contributed by atoms with Crippen molar-refractivity contribution in [3.63, 3.8) is 0 Å². The highest BCUT2D eigenvalue weighted by atomic mass is 35.5. The molecule has 0 N–H and O–H groups in total. The number of carbonyl (C=O) groups is 1. The Hall–Kier alpha value is -1.65. The summed E-state index contributed by atoms with van der Waals surface area (Å²) in [6.07, 6.45) is 0. The van der Waals surface area contributed by atoms with Crippen LogP contribution < -0.4 is 0 Å². The van der Waals surface area contributed by atoms with Crippen LogP contribution in [0.5, 0.6) is 0 Å². The molecule has 0 saturated carbocycles. The molecule has 0 aromatic heterocycles. The summed E-state index contributed by atoms with van der Waals surface area (Å²) in [6.45, 7) is 0. The Labute approximate surface area is 81.7 Å². The summed E-state index contributed by atoms with van der Waals surface area (Å²) in [5.74, 6) is -3.18. The predicted octanol–water partition coefficient (Wildman–Crippen LogP) is 3.07. The van der Waals surface area contributed by atoms with Gasteiger partial charge < -0.3 is 0 Å². The molecular formula is C7H2ClF2N3O. The van der Waals surface area contributed by atoms with Crippen LogP contribution >= 0.6 is 11.6 Å². The van der Waals surface area contributed by atoms with Crippen molar-refractivity contribution < 1.29 is 13.6 Å². The van der Waals surface area contributed by atoms with E-state index in [1.165, 1.54) is 0 Å². The second kappa shape index (κ2) is 4.04. The van der Waals surface area contributed by atoms with Gasteiger partial charge in [-0.05, 0) is 22.8 Å². The lowest BCUT2D eigenvalue weighted by Crippen LogP contribution is -1.99. The minimum atomic E-state index is -1.19. The first kappa shape index (κ1) is 10.4. The SMILES string of the molecule is [N-]=[N+]=NC(=O)c1cc(F)c(Cl)cc1F. The molecule has 1 rings (SSSR count). The Morgan fingerprint density at radius 3 is 2.64 bits per heavy atom. The number of hydrogen-bond acceptors (Lipinski definition) is 1. The molecule has 0 unspecified atom stereocenters. The molecule has 0 atom stereocenters. The lowest BCUT2D eigenvalue weighted by Gasteiger charge is -1.99. The van der Waals surface area contributed by atoms with Gasteiger partial charge in [-0.15, -0.1) is 0 Å². The maximum absolute atomic E-state index is 12.9. The van der Waals surface area contributed by atoms with Crippen molar-refractivity contribution in [1.82, 2.24) is 0 Å². The zero-order valence-electron chi connectivity index (χ0n) is 6.54. The van der Waals surface area contributed by atoms with Crippen molar-refractivity contribution in [2.45, 2.75) is 0 Å². The topological polar surface area (TPSA) is 65.8 Å². The fourth-order valence-electron chi connectivity index (χ4n) is 0.781. The summed E-state index contributed by atoms with van der Waals surface area (Å²) in [5.41, 5.74) is 7.26. The Morgan fingerprint density at radius 2 is 2.07 bits per heavy atom. The van der Waals surface area contributed by atoms with Crippen LogP contribution in [-0.2, 0) is 0 Å². The van der Waals surface area contributed by atoms with E-state index in [1.54, 1.807) is 0 Å². The number of carbonyl (C=O) groups excluding carboxylic acids is 1. The van der Waals surface area contributed by atoms with E-state index in [9.17, 15) is 13.6 Å². The second-order valence-electron chi connectivity index (χ2n) is 2.24. The standard InChI is InChI=1S/C7H2ClF2N3O/c8-4-2-5(9)3(1-6(4)10)7(14)12-13-11/h1-2H. The third-order valence-electron chi connectivity index (χ3n) is 1.38. The Bertz CT molecular complexity index is 443. The van der Waals surface area contributed by atoms with E-state index >= 15 is 0 Å². The Morgan fingerprint density at radius 1 is 1.43 bits per heavy atom. The molecule has 0 radical (unpaired) electrons. The number of amides is 1. The number of azide groups is 1. The number of rotatable bonds is 1. The number of benzene rings is 1. The smallest absolute Gasteiger partial charge is 0.252 e. The first-order valence-corrected chi connectivity index (χ1v) is 3.68.